The molecule has 0 rings (SSSR count). The van der Waals surface area contributed by atoms with Gasteiger partial charge in [0.05, 0.1) is 18.6 Å². The highest BCUT2D eigenvalue weighted by Crippen LogP contribution is 2.00. The predicted molar refractivity (Wildman–Crippen MR) is 103 cm³/mol. The van der Waals surface area contributed by atoms with Gasteiger partial charge in [0.15, 0.2) is 6.04 Å². The number of carboxylic acid groups (broad SMARTS) is 2. The van der Waals surface area contributed by atoms with Crippen molar-refractivity contribution >= 4 is 54.9 Å². The highest BCUT2D eigenvalue weighted by molar-refractivity contribution is 7.80. The molecular weight excluding hydrogens is 416 g/mol. The van der Waals surface area contributed by atoms with E-state index in [0.29, 0.717) is 0 Å². The third-order valence-electron chi connectivity index (χ3n) is 3.41. The van der Waals surface area contributed by atoms with Crippen LogP contribution in [0, 0.1) is 0 Å². The van der Waals surface area contributed by atoms with Crippen molar-refractivity contribution in [2.45, 2.75) is 43.6 Å². The number of nitrogens with one attached hydrogen (secondary N) is 3. The molecule has 3 amide bonds. The van der Waals surface area contributed by atoms with Gasteiger partial charge in [-0.05, 0) is 6.92 Å². The smallest absolute Gasteiger partial charge is 0.328 e. The lowest BCUT2D eigenvalue weighted by atomic mass is 10.1. The van der Waals surface area contributed by atoms with Crippen molar-refractivity contribution < 1.29 is 39.3 Å². The number of carboxylic acids is 2. The van der Waals surface area contributed by atoms with Gasteiger partial charge in [-0.3, -0.25) is 19.2 Å². The summed E-state index contributed by atoms with van der Waals surface area (Å²) < 4.78 is 0. The van der Waals surface area contributed by atoms with E-state index in [2.05, 4.69) is 35.9 Å². The zero-order valence-corrected chi connectivity index (χ0v) is 16.7. The molecule has 0 bridgehead atoms. The Balaban J connectivity index is 5.21. The average Bonchev–Trinajstić information content (AvgIpc) is 2.61. The maximum Gasteiger partial charge on any atom is 0.328 e. The SMILES string of the molecule is CC(O)C(NC(=O)C(CS)NC(=O)C(CC(=O)O)NC(=O)C(N)CS)C(=O)O. The lowest BCUT2D eigenvalue weighted by molar-refractivity contribution is -0.145. The molecule has 8 N–H and O–H groups in total. The fourth-order valence-electron chi connectivity index (χ4n) is 1.85. The molecule has 14 heteroatoms. The molecule has 12 nitrogen and oxygen atoms in total. The van der Waals surface area contributed by atoms with Crippen molar-refractivity contribution in [1.29, 1.82) is 0 Å². The van der Waals surface area contributed by atoms with Gasteiger partial charge in [-0.2, -0.15) is 25.3 Å². The number of thiol groups is 2. The molecule has 0 aromatic rings. The second kappa shape index (κ2) is 12.4. The molecular formula is C14H24N4O8S2. The summed E-state index contributed by atoms with van der Waals surface area (Å²) in [5.41, 5.74) is 5.46. The topological polar surface area (TPSA) is 208 Å². The Kier molecular flexibility index (Phi) is 11.5. The van der Waals surface area contributed by atoms with Gasteiger partial charge >= 0.3 is 11.9 Å². The van der Waals surface area contributed by atoms with Crippen LogP contribution in [0.4, 0.5) is 0 Å². The zero-order chi connectivity index (χ0) is 22.0. The van der Waals surface area contributed by atoms with Crippen molar-refractivity contribution in [2.24, 2.45) is 5.73 Å². The molecule has 0 heterocycles. The number of aliphatic hydroxyl groups is 1. The van der Waals surface area contributed by atoms with Crippen LogP contribution in [0.1, 0.15) is 13.3 Å². The maximum absolute atomic E-state index is 12.3. The summed E-state index contributed by atoms with van der Waals surface area (Å²) in [7, 11) is 0. The monoisotopic (exact) mass is 440 g/mol. The molecule has 0 aliphatic carbocycles. The van der Waals surface area contributed by atoms with Crippen LogP contribution >= 0.6 is 25.3 Å². The highest BCUT2D eigenvalue weighted by atomic mass is 32.1. The summed E-state index contributed by atoms with van der Waals surface area (Å²) >= 11 is 7.72. The van der Waals surface area contributed by atoms with Crippen molar-refractivity contribution in [1.82, 2.24) is 16.0 Å². The molecule has 0 saturated carbocycles. The Bertz CT molecular complexity index is 604. The molecule has 5 unspecified atom stereocenters. The van der Waals surface area contributed by atoms with Crippen LogP contribution in [0.3, 0.4) is 0 Å². The normalized spacial score (nSPS) is 16.0. The van der Waals surface area contributed by atoms with Gasteiger partial charge in [0, 0.05) is 11.5 Å². The number of carbonyl (C=O) groups excluding carboxylic acids is 3. The first-order valence-electron chi connectivity index (χ1n) is 7.95. The standard InChI is InChI=1S/C14H24N4O8S2/c1-5(19)10(14(25)26)18-13(24)8(4-28)17-12(23)7(2-9(20)21)16-11(22)6(15)3-27/h5-8,10,19,27-28H,2-4,15H2,1H3,(H,16,22)(H,17,23)(H,18,24)(H,20,21)(H,25,26). The van der Waals surface area contributed by atoms with Crippen LogP contribution in [0.25, 0.3) is 0 Å². The van der Waals surface area contributed by atoms with Gasteiger partial charge < -0.3 is 37.0 Å². The molecule has 0 saturated heterocycles. The number of carbonyl (C=O) groups is 5. The Morgan fingerprint density at radius 3 is 1.79 bits per heavy atom. The van der Waals surface area contributed by atoms with Gasteiger partial charge in [0.2, 0.25) is 17.7 Å². The van der Waals surface area contributed by atoms with E-state index in [1.165, 1.54) is 0 Å². The van der Waals surface area contributed by atoms with Crippen LogP contribution in [-0.2, 0) is 24.0 Å². The first-order valence-corrected chi connectivity index (χ1v) is 9.22. The number of aliphatic carboxylic acids is 2. The van der Waals surface area contributed by atoms with Crippen LogP contribution in [0.15, 0.2) is 0 Å². The molecule has 0 aliphatic heterocycles. The van der Waals surface area contributed by atoms with E-state index in [-0.39, 0.29) is 11.5 Å². The molecule has 160 valence electrons. The van der Waals surface area contributed by atoms with E-state index in [1.54, 1.807) is 0 Å². The van der Waals surface area contributed by atoms with Crippen LogP contribution in [0.5, 0.6) is 0 Å². The molecule has 0 aliphatic rings. The van der Waals surface area contributed by atoms with Gasteiger partial charge in [-0.1, -0.05) is 0 Å². The first-order chi connectivity index (χ1) is 12.9. The van der Waals surface area contributed by atoms with Crippen molar-refractivity contribution in [3.8, 4) is 0 Å². The van der Waals surface area contributed by atoms with E-state index in [9.17, 15) is 29.1 Å². The number of aliphatic hydroxyl groups excluding tert-OH is 1. The highest BCUT2D eigenvalue weighted by Gasteiger charge is 2.32. The van der Waals surface area contributed by atoms with Crippen LogP contribution in [-0.4, -0.2) is 86.8 Å². The van der Waals surface area contributed by atoms with E-state index in [1.807, 2.05) is 5.32 Å². The van der Waals surface area contributed by atoms with Gasteiger partial charge in [0.1, 0.15) is 12.1 Å². The van der Waals surface area contributed by atoms with Gasteiger partial charge in [-0.15, -0.1) is 0 Å². The first kappa shape index (κ1) is 26.0. The Labute approximate surface area is 171 Å². The molecule has 0 aromatic heterocycles. The third kappa shape index (κ3) is 8.77. The molecule has 0 fully saturated rings. The minimum Gasteiger partial charge on any atom is -0.481 e. The summed E-state index contributed by atoms with van der Waals surface area (Å²) in [5.74, 6) is -6.01. The van der Waals surface area contributed by atoms with Crippen molar-refractivity contribution in [3.05, 3.63) is 0 Å². The number of nitrogens with two attached hydrogens (primary N) is 1. The van der Waals surface area contributed by atoms with E-state index >= 15 is 0 Å². The minimum absolute atomic E-state index is 0.0508. The fraction of sp³-hybridized carbons (Fsp3) is 0.643. The number of hydrogen-bond donors (Lipinski definition) is 9. The number of amides is 3. The second-order valence-electron chi connectivity index (χ2n) is 5.76. The third-order valence-corrected chi connectivity index (χ3v) is 4.17. The second-order valence-corrected chi connectivity index (χ2v) is 6.49. The molecule has 5 atom stereocenters. The molecule has 0 spiro atoms. The van der Waals surface area contributed by atoms with Crippen molar-refractivity contribution in [2.75, 3.05) is 11.5 Å². The summed E-state index contributed by atoms with van der Waals surface area (Å²) in [5, 5.41) is 33.7. The minimum atomic E-state index is -1.63. The largest absolute Gasteiger partial charge is 0.481 e. The van der Waals surface area contributed by atoms with Crippen LogP contribution in [0.2, 0.25) is 0 Å². The average molecular weight is 441 g/mol. The van der Waals surface area contributed by atoms with E-state index < -0.39 is 66.4 Å². The van der Waals surface area contributed by atoms with Crippen LogP contribution < -0.4 is 21.7 Å². The quantitative estimate of drug-likeness (QED) is 0.138. The van der Waals surface area contributed by atoms with E-state index in [0.717, 1.165) is 6.92 Å². The predicted octanol–water partition coefficient (Wildman–Crippen LogP) is -3.43. The fourth-order valence-corrected chi connectivity index (χ4v) is 2.28. The number of hydrogen-bond acceptors (Lipinski definition) is 9. The summed E-state index contributed by atoms with van der Waals surface area (Å²) in [6, 6.07) is -5.62. The lowest BCUT2D eigenvalue weighted by Crippen LogP contribution is -2.59. The van der Waals surface area contributed by atoms with Gasteiger partial charge in [0.25, 0.3) is 0 Å². The van der Waals surface area contributed by atoms with Gasteiger partial charge in [-0.25, -0.2) is 4.79 Å². The zero-order valence-electron chi connectivity index (χ0n) is 14.9. The summed E-state index contributed by atoms with van der Waals surface area (Å²) in [4.78, 5) is 58.3. The Morgan fingerprint density at radius 2 is 1.39 bits per heavy atom. The summed E-state index contributed by atoms with van der Waals surface area (Å²) in [6.07, 6.45) is -2.21. The summed E-state index contributed by atoms with van der Waals surface area (Å²) in [6.45, 7) is 1.15. The maximum atomic E-state index is 12.3. The Hall–Kier alpha value is -2.03. The lowest BCUT2D eigenvalue weighted by Gasteiger charge is -2.24. The molecule has 0 aromatic carbocycles. The molecule has 0 radical (unpaired) electrons. The van der Waals surface area contributed by atoms with E-state index in [4.69, 9.17) is 15.9 Å². The Morgan fingerprint density at radius 1 is 0.893 bits per heavy atom. The van der Waals surface area contributed by atoms with Crippen molar-refractivity contribution in [3.63, 3.8) is 0 Å². The molecule has 28 heavy (non-hydrogen) atoms. The number of rotatable bonds is 12.